The molecule has 1 heterocycles. The molecule has 0 radical (unpaired) electrons. The molecule has 0 aromatic carbocycles. The molecule has 13 heavy (non-hydrogen) atoms. The smallest absolute Gasteiger partial charge is 0.309 e. The van der Waals surface area contributed by atoms with Crippen molar-refractivity contribution in [1.82, 2.24) is 0 Å². The molecule has 3 heteroatoms. The lowest BCUT2D eigenvalue weighted by atomic mass is 9.76. The molecule has 0 aromatic heterocycles. The number of esters is 1. The van der Waals surface area contributed by atoms with E-state index in [1.54, 1.807) is 0 Å². The monoisotopic (exact) mass is 290 g/mol. The second kappa shape index (κ2) is 2.07. The number of ether oxygens (including phenoxy) is 1. The van der Waals surface area contributed by atoms with E-state index in [-0.39, 0.29) is 5.97 Å². The van der Waals surface area contributed by atoms with Gasteiger partial charge in [-0.1, -0.05) is 22.6 Å². The highest BCUT2D eigenvalue weighted by atomic mass is 127. The summed E-state index contributed by atoms with van der Waals surface area (Å²) in [5, 5.41) is 0. The molecule has 3 saturated carbocycles. The topological polar surface area (TPSA) is 26.3 Å². The Kier molecular flexibility index (Phi) is 1.19. The van der Waals surface area contributed by atoms with Crippen molar-refractivity contribution >= 4 is 28.6 Å². The highest BCUT2D eigenvalue weighted by Crippen LogP contribution is 2.69. The highest BCUT2D eigenvalue weighted by molar-refractivity contribution is 14.1. The minimum atomic E-state index is 0.131. The van der Waals surface area contributed by atoms with Crippen molar-refractivity contribution in [2.75, 3.05) is 0 Å². The number of alkyl halides is 1. The minimum absolute atomic E-state index is 0.131. The lowest BCUT2D eigenvalue weighted by molar-refractivity contribution is -0.143. The van der Waals surface area contributed by atoms with E-state index in [9.17, 15) is 4.79 Å². The van der Waals surface area contributed by atoms with E-state index >= 15 is 0 Å². The fourth-order valence-corrected chi connectivity index (χ4v) is 6.24. The maximum atomic E-state index is 11.6. The minimum Gasteiger partial charge on any atom is -0.461 e. The van der Waals surface area contributed by atoms with Crippen LogP contribution in [0.5, 0.6) is 0 Å². The van der Waals surface area contributed by atoms with E-state index in [0.717, 1.165) is 11.8 Å². The lowest BCUT2D eigenvalue weighted by Gasteiger charge is -2.27. The molecule has 0 N–H and O–H groups in total. The van der Waals surface area contributed by atoms with Gasteiger partial charge in [-0.2, -0.15) is 0 Å². The molecular formula is C10H11IO2. The molecule has 0 spiro atoms. The van der Waals surface area contributed by atoms with Crippen LogP contribution in [-0.4, -0.2) is 16.0 Å². The second-order valence-corrected chi connectivity index (χ2v) is 6.37. The van der Waals surface area contributed by atoms with Crippen LogP contribution in [0.3, 0.4) is 0 Å². The standard InChI is InChI=1S/C10H11IO2/c11-8-5-3-1-2-4(5)7-6(3)9(8)13-10(7)12/h3-9H,1-2H2/t3?,4?,5?,6?,7?,8?,9-/m0/s1. The molecule has 0 aromatic rings. The third-order valence-corrected chi connectivity index (χ3v) is 6.32. The zero-order valence-corrected chi connectivity index (χ0v) is 9.31. The van der Waals surface area contributed by atoms with Crippen LogP contribution in [0.15, 0.2) is 0 Å². The molecule has 4 fully saturated rings. The Morgan fingerprint density at radius 3 is 2.77 bits per heavy atom. The van der Waals surface area contributed by atoms with E-state index < -0.39 is 0 Å². The Morgan fingerprint density at radius 2 is 2.00 bits per heavy atom. The van der Waals surface area contributed by atoms with Crippen LogP contribution in [-0.2, 0) is 9.53 Å². The summed E-state index contributed by atoms with van der Waals surface area (Å²) < 4.78 is 6.11. The van der Waals surface area contributed by atoms with Gasteiger partial charge in [0, 0.05) is 5.92 Å². The first-order valence-electron chi connectivity index (χ1n) is 5.13. The number of hydrogen-bond donors (Lipinski definition) is 0. The first-order valence-corrected chi connectivity index (χ1v) is 6.38. The van der Waals surface area contributed by atoms with Gasteiger partial charge in [-0.15, -0.1) is 0 Å². The van der Waals surface area contributed by atoms with Crippen molar-refractivity contribution in [1.29, 1.82) is 0 Å². The van der Waals surface area contributed by atoms with Crippen molar-refractivity contribution in [2.45, 2.75) is 22.9 Å². The predicted octanol–water partition coefficient (Wildman–Crippen LogP) is 1.62. The Bertz CT molecular complexity index is 303. The van der Waals surface area contributed by atoms with Gasteiger partial charge in [-0.05, 0) is 30.6 Å². The Morgan fingerprint density at radius 1 is 1.23 bits per heavy atom. The first kappa shape index (κ1) is 7.49. The molecule has 7 atom stereocenters. The Balaban J connectivity index is 1.91. The van der Waals surface area contributed by atoms with Gasteiger partial charge in [0.1, 0.15) is 6.10 Å². The van der Waals surface area contributed by atoms with Crippen LogP contribution in [0.4, 0.5) is 0 Å². The summed E-state index contributed by atoms with van der Waals surface area (Å²) in [6.07, 6.45) is 2.95. The maximum Gasteiger partial charge on any atom is 0.309 e. The third-order valence-electron chi connectivity index (χ3n) is 4.78. The molecule has 0 amide bonds. The highest BCUT2D eigenvalue weighted by Gasteiger charge is 2.72. The number of carbonyl (C=O) groups excluding carboxylic acids is 1. The molecule has 1 aliphatic heterocycles. The quantitative estimate of drug-likeness (QED) is 0.385. The van der Waals surface area contributed by atoms with Gasteiger partial charge < -0.3 is 4.74 Å². The molecule has 2 nitrogen and oxygen atoms in total. The fourth-order valence-electron chi connectivity index (χ4n) is 4.55. The van der Waals surface area contributed by atoms with Crippen molar-refractivity contribution in [3.05, 3.63) is 0 Å². The van der Waals surface area contributed by atoms with E-state index in [1.807, 2.05) is 0 Å². The molecule has 70 valence electrons. The van der Waals surface area contributed by atoms with Crippen molar-refractivity contribution in [2.24, 2.45) is 29.6 Å². The van der Waals surface area contributed by atoms with Gasteiger partial charge >= 0.3 is 5.97 Å². The normalized spacial score (nSPS) is 66.2. The molecule has 6 unspecified atom stereocenters. The number of rotatable bonds is 0. The summed E-state index contributed by atoms with van der Waals surface area (Å²) in [7, 11) is 0. The van der Waals surface area contributed by atoms with E-state index in [4.69, 9.17) is 4.74 Å². The van der Waals surface area contributed by atoms with Gasteiger partial charge in [0.15, 0.2) is 0 Å². The third kappa shape index (κ3) is 0.621. The van der Waals surface area contributed by atoms with E-state index in [2.05, 4.69) is 22.6 Å². The Labute approximate surface area is 90.5 Å². The van der Waals surface area contributed by atoms with Gasteiger partial charge in [0.2, 0.25) is 0 Å². The summed E-state index contributed by atoms with van der Waals surface area (Å²) in [6.45, 7) is 0. The zero-order valence-electron chi connectivity index (χ0n) is 7.15. The SMILES string of the molecule is O=C1O[C@@H]2C(I)C3C4CCC3C2C14. The van der Waals surface area contributed by atoms with Crippen LogP contribution in [0.2, 0.25) is 0 Å². The van der Waals surface area contributed by atoms with Crippen LogP contribution < -0.4 is 0 Å². The average Bonchev–Trinajstić information content (AvgIpc) is 2.75. The number of hydrogen-bond acceptors (Lipinski definition) is 2. The van der Waals surface area contributed by atoms with Gasteiger partial charge in [0.05, 0.1) is 9.84 Å². The summed E-state index contributed by atoms with van der Waals surface area (Å²) >= 11 is 2.52. The summed E-state index contributed by atoms with van der Waals surface area (Å²) in [5.41, 5.74) is 0. The van der Waals surface area contributed by atoms with Crippen LogP contribution in [0.25, 0.3) is 0 Å². The van der Waals surface area contributed by atoms with Crippen molar-refractivity contribution in [3.63, 3.8) is 0 Å². The number of carbonyl (C=O) groups is 1. The average molecular weight is 290 g/mol. The number of fused-ring (bicyclic) bond motifs is 1. The van der Waals surface area contributed by atoms with Gasteiger partial charge in [-0.25, -0.2) is 0 Å². The van der Waals surface area contributed by atoms with Crippen LogP contribution >= 0.6 is 22.6 Å². The first-order chi connectivity index (χ1) is 6.29. The molecule has 4 aliphatic rings. The fraction of sp³-hybridized carbons (Fsp3) is 0.900. The van der Waals surface area contributed by atoms with Crippen LogP contribution in [0.1, 0.15) is 12.8 Å². The summed E-state index contributed by atoms with van der Waals surface area (Å²) in [6, 6.07) is 0. The second-order valence-electron chi connectivity index (χ2n) is 4.93. The molecule has 1 saturated heterocycles. The number of halogens is 1. The zero-order chi connectivity index (χ0) is 8.74. The molecule has 4 rings (SSSR count). The van der Waals surface area contributed by atoms with Crippen molar-refractivity contribution in [3.8, 4) is 0 Å². The van der Waals surface area contributed by atoms with Gasteiger partial charge in [-0.3, -0.25) is 4.79 Å². The maximum absolute atomic E-state index is 11.6. The molecular weight excluding hydrogens is 279 g/mol. The summed E-state index contributed by atoms with van der Waals surface area (Å²) in [4.78, 5) is 11.6. The van der Waals surface area contributed by atoms with E-state index in [0.29, 0.717) is 27.8 Å². The predicted molar refractivity (Wildman–Crippen MR) is 54.4 cm³/mol. The molecule has 4 bridgehead atoms. The van der Waals surface area contributed by atoms with E-state index in [1.165, 1.54) is 12.8 Å². The van der Waals surface area contributed by atoms with Crippen LogP contribution in [0, 0.1) is 29.6 Å². The summed E-state index contributed by atoms with van der Waals surface area (Å²) in [5.74, 6) is 3.44. The van der Waals surface area contributed by atoms with Gasteiger partial charge in [0.25, 0.3) is 0 Å². The lowest BCUT2D eigenvalue weighted by Crippen LogP contribution is -2.33. The van der Waals surface area contributed by atoms with Crippen molar-refractivity contribution < 1.29 is 9.53 Å². The largest absolute Gasteiger partial charge is 0.461 e. The molecule has 3 aliphatic carbocycles. The Hall–Kier alpha value is 0.200.